The van der Waals surface area contributed by atoms with Crippen LogP contribution in [0.1, 0.15) is 19.4 Å². The normalized spacial score (nSPS) is 24.9. The van der Waals surface area contributed by atoms with Crippen molar-refractivity contribution in [2.24, 2.45) is 5.92 Å². The second kappa shape index (κ2) is 6.71. The van der Waals surface area contributed by atoms with E-state index in [0.29, 0.717) is 12.0 Å². The van der Waals surface area contributed by atoms with E-state index in [1.807, 2.05) is 18.2 Å². The van der Waals surface area contributed by atoms with Gasteiger partial charge in [0, 0.05) is 36.7 Å². The first-order valence-corrected chi connectivity index (χ1v) is 7.31. The molecule has 1 fully saturated rings. The summed E-state index contributed by atoms with van der Waals surface area (Å²) in [6, 6.07) is 8.59. The fourth-order valence-electron chi connectivity index (χ4n) is 2.55. The van der Waals surface area contributed by atoms with E-state index in [1.54, 1.807) is 0 Å². The number of rotatable bonds is 4. The number of aliphatic hydroxyl groups is 1. The summed E-state index contributed by atoms with van der Waals surface area (Å²) < 4.78 is 0. The number of nitrogens with zero attached hydrogens (tertiary/aromatic N) is 1. The molecule has 0 spiro atoms. The molecule has 0 radical (unpaired) electrons. The van der Waals surface area contributed by atoms with Crippen LogP contribution in [0.4, 0.5) is 0 Å². The molecule has 2 atom stereocenters. The van der Waals surface area contributed by atoms with Crippen LogP contribution in [0.15, 0.2) is 24.3 Å². The van der Waals surface area contributed by atoms with Crippen molar-refractivity contribution in [3.63, 3.8) is 0 Å². The van der Waals surface area contributed by atoms with Gasteiger partial charge in [-0.1, -0.05) is 43.6 Å². The van der Waals surface area contributed by atoms with Gasteiger partial charge < -0.3 is 10.4 Å². The molecule has 1 aliphatic heterocycles. The predicted octanol–water partition coefficient (Wildman–Crippen LogP) is 2.13. The number of halogens is 1. The summed E-state index contributed by atoms with van der Waals surface area (Å²) in [6.07, 6.45) is 0. The van der Waals surface area contributed by atoms with Gasteiger partial charge in [-0.15, -0.1) is 0 Å². The van der Waals surface area contributed by atoms with Crippen molar-refractivity contribution in [1.82, 2.24) is 10.2 Å². The first-order valence-electron chi connectivity index (χ1n) is 6.93. The Morgan fingerprint density at radius 3 is 2.79 bits per heavy atom. The molecule has 0 amide bonds. The number of piperazine rings is 1. The Morgan fingerprint density at radius 1 is 1.42 bits per heavy atom. The summed E-state index contributed by atoms with van der Waals surface area (Å²) in [5.74, 6) is 0.591. The largest absolute Gasteiger partial charge is 0.395 e. The van der Waals surface area contributed by atoms with Gasteiger partial charge in [-0.25, -0.2) is 0 Å². The highest BCUT2D eigenvalue weighted by Crippen LogP contribution is 2.21. The van der Waals surface area contributed by atoms with Crippen LogP contribution in [0, 0.1) is 5.92 Å². The molecule has 1 aromatic carbocycles. The van der Waals surface area contributed by atoms with Crippen molar-refractivity contribution in [3.05, 3.63) is 34.9 Å². The van der Waals surface area contributed by atoms with Crippen LogP contribution in [0.5, 0.6) is 0 Å². The van der Waals surface area contributed by atoms with Gasteiger partial charge in [0.2, 0.25) is 0 Å². The van der Waals surface area contributed by atoms with Gasteiger partial charge >= 0.3 is 0 Å². The molecule has 0 bridgehead atoms. The molecule has 4 heteroatoms. The minimum absolute atomic E-state index is 0.172. The Morgan fingerprint density at radius 2 is 2.16 bits per heavy atom. The maximum atomic E-state index is 9.52. The van der Waals surface area contributed by atoms with Crippen LogP contribution >= 0.6 is 11.6 Å². The lowest BCUT2D eigenvalue weighted by Crippen LogP contribution is -2.58. The zero-order valence-electron chi connectivity index (χ0n) is 11.6. The topological polar surface area (TPSA) is 35.5 Å². The predicted molar refractivity (Wildman–Crippen MR) is 79.4 cm³/mol. The summed E-state index contributed by atoms with van der Waals surface area (Å²) >= 11 is 6.23. The van der Waals surface area contributed by atoms with Crippen molar-refractivity contribution in [3.8, 4) is 0 Å². The Balaban J connectivity index is 2.08. The average Bonchev–Trinajstić information content (AvgIpc) is 2.41. The minimum Gasteiger partial charge on any atom is -0.395 e. The van der Waals surface area contributed by atoms with Crippen molar-refractivity contribution < 1.29 is 5.11 Å². The molecule has 2 unspecified atom stereocenters. The SMILES string of the molecule is CC(C)C1CN(Cc2ccccc2Cl)C(CO)CN1. The van der Waals surface area contributed by atoms with Gasteiger partial charge in [-0.3, -0.25) is 4.90 Å². The van der Waals surface area contributed by atoms with Gasteiger partial charge in [0.1, 0.15) is 0 Å². The Bertz CT molecular complexity index is 411. The minimum atomic E-state index is 0.172. The zero-order valence-corrected chi connectivity index (χ0v) is 12.4. The smallest absolute Gasteiger partial charge is 0.0599 e. The molecule has 1 aromatic rings. The third-order valence-corrected chi connectivity index (χ3v) is 4.28. The maximum Gasteiger partial charge on any atom is 0.0599 e. The lowest BCUT2D eigenvalue weighted by Gasteiger charge is -2.41. The van der Waals surface area contributed by atoms with Gasteiger partial charge in [0.15, 0.2) is 0 Å². The Labute approximate surface area is 120 Å². The molecular formula is C15H23ClN2O. The lowest BCUT2D eigenvalue weighted by molar-refractivity contribution is 0.0645. The Kier molecular flexibility index (Phi) is 5.22. The average molecular weight is 283 g/mol. The van der Waals surface area contributed by atoms with E-state index in [-0.39, 0.29) is 12.6 Å². The summed E-state index contributed by atoms with van der Waals surface area (Å²) in [6.45, 7) is 7.23. The van der Waals surface area contributed by atoms with Crippen LogP contribution in [0.25, 0.3) is 0 Å². The van der Waals surface area contributed by atoms with Crippen molar-refractivity contribution in [2.45, 2.75) is 32.5 Å². The fourth-order valence-corrected chi connectivity index (χ4v) is 2.74. The molecule has 1 saturated heterocycles. The second-order valence-corrected chi connectivity index (χ2v) is 6.02. The lowest BCUT2D eigenvalue weighted by atomic mass is 9.99. The van der Waals surface area contributed by atoms with Crippen LogP contribution in [0.3, 0.4) is 0 Å². The van der Waals surface area contributed by atoms with Gasteiger partial charge in [0.05, 0.1) is 6.61 Å². The van der Waals surface area contributed by atoms with Crippen LogP contribution in [-0.4, -0.2) is 41.8 Å². The van der Waals surface area contributed by atoms with Crippen molar-refractivity contribution in [2.75, 3.05) is 19.7 Å². The Hall–Kier alpha value is -0.610. The van der Waals surface area contributed by atoms with E-state index >= 15 is 0 Å². The maximum absolute atomic E-state index is 9.52. The quantitative estimate of drug-likeness (QED) is 0.888. The molecule has 0 saturated carbocycles. The number of nitrogens with one attached hydrogen (secondary N) is 1. The van der Waals surface area contributed by atoms with Gasteiger partial charge in [-0.05, 0) is 17.5 Å². The van der Waals surface area contributed by atoms with Crippen LogP contribution in [-0.2, 0) is 6.54 Å². The van der Waals surface area contributed by atoms with E-state index in [9.17, 15) is 5.11 Å². The molecule has 1 aliphatic rings. The van der Waals surface area contributed by atoms with E-state index in [1.165, 1.54) is 0 Å². The van der Waals surface area contributed by atoms with E-state index in [4.69, 9.17) is 11.6 Å². The van der Waals surface area contributed by atoms with Gasteiger partial charge in [-0.2, -0.15) is 0 Å². The highest BCUT2D eigenvalue weighted by atomic mass is 35.5. The zero-order chi connectivity index (χ0) is 13.8. The monoisotopic (exact) mass is 282 g/mol. The fraction of sp³-hybridized carbons (Fsp3) is 0.600. The summed E-state index contributed by atoms with van der Waals surface area (Å²) in [7, 11) is 0. The highest BCUT2D eigenvalue weighted by molar-refractivity contribution is 6.31. The van der Waals surface area contributed by atoms with E-state index < -0.39 is 0 Å². The standard InChI is InChI=1S/C15H23ClN2O/c1-11(2)15-9-18(13(10-19)7-17-15)8-12-5-3-4-6-14(12)16/h3-6,11,13,15,17,19H,7-10H2,1-2H3. The van der Waals surface area contributed by atoms with E-state index in [2.05, 4.69) is 30.1 Å². The summed E-state index contributed by atoms with van der Waals surface area (Å²) in [5, 5.41) is 13.8. The highest BCUT2D eigenvalue weighted by Gasteiger charge is 2.29. The van der Waals surface area contributed by atoms with Crippen LogP contribution < -0.4 is 5.32 Å². The molecule has 19 heavy (non-hydrogen) atoms. The first-order chi connectivity index (χ1) is 9.11. The summed E-state index contributed by atoms with van der Waals surface area (Å²) in [4.78, 5) is 2.34. The van der Waals surface area contributed by atoms with Gasteiger partial charge in [0.25, 0.3) is 0 Å². The number of aliphatic hydroxyl groups excluding tert-OH is 1. The number of hydrogen-bond donors (Lipinski definition) is 2. The third kappa shape index (κ3) is 3.69. The second-order valence-electron chi connectivity index (χ2n) is 5.62. The van der Waals surface area contributed by atoms with Crippen LogP contribution in [0.2, 0.25) is 5.02 Å². The molecule has 0 aliphatic carbocycles. The molecule has 1 heterocycles. The number of benzene rings is 1. The van der Waals surface area contributed by atoms with E-state index in [0.717, 1.165) is 30.2 Å². The molecule has 2 N–H and O–H groups in total. The summed E-state index contributed by atoms with van der Waals surface area (Å²) in [5.41, 5.74) is 1.13. The molecule has 0 aromatic heterocycles. The van der Waals surface area contributed by atoms with Crippen molar-refractivity contribution in [1.29, 1.82) is 0 Å². The first kappa shape index (κ1) is 14.8. The molecule has 3 nitrogen and oxygen atoms in total. The number of hydrogen-bond acceptors (Lipinski definition) is 3. The molecule has 2 rings (SSSR count). The molecular weight excluding hydrogens is 260 g/mol. The molecule has 106 valence electrons. The third-order valence-electron chi connectivity index (χ3n) is 3.91. The van der Waals surface area contributed by atoms with Crippen molar-refractivity contribution >= 4 is 11.6 Å².